The molecule has 1 aromatic heterocycles. The molecule has 1 aliphatic heterocycles. The van der Waals surface area contributed by atoms with Gasteiger partial charge in [-0.2, -0.15) is 0 Å². The maximum absolute atomic E-state index is 11.8. The number of hydrogen-bond acceptors (Lipinski definition) is 3. The maximum atomic E-state index is 11.8. The zero-order chi connectivity index (χ0) is 11.5. The van der Waals surface area contributed by atoms with E-state index in [1.165, 1.54) is 6.33 Å². The molecule has 1 fully saturated rings. The highest BCUT2D eigenvalue weighted by Crippen LogP contribution is 2.28. The molecule has 0 radical (unpaired) electrons. The minimum absolute atomic E-state index is 0.171. The van der Waals surface area contributed by atoms with Crippen LogP contribution in [0.15, 0.2) is 18.7 Å². The van der Waals surface area contributed by atoms with Gasteiger partial charge in [0, 0.05) is 31.9 Å². The molecule has 0 aromatic carbocycles. The fourth-order valence-corrected chi connectivity index (χ4v) is 2.51. The number of amides is 1. The van der Waals surface area contributed by atoms with Crippen molar-refractivity contribution in [2.24, 2.45) is 11.8 Å². The second kappa shape index (κ2) is 4.60. The number of carbonyl (C=O) groups is 1. The van der Waals surface area contributed by atoms with Crippen molar-refractivity contribution in [1.82, 2.24) is 14.9 Å². The first-order valence-electron chi connectivity index (χ1n) is 5.71. The van der Waals surface area contributed by atoms with Crippen LogP contribution in [0.2, 0.25) is 0 Å². The van der Waals surface area contributed by atoms with Crippen LogP contribution in [0.5, 0.6) is 0 Å². The Labute approximate surface area is 95.7 Å². The van der Waals surface area contributed by atoms with E-state index >= 15 is 0 Å². The fraction of sp³-hybridized carbons (Fsp3) is 0.583. The van der Waals surface area contributed by atoms with Gasteiger partial charge >= 0.3 is 0 Å². The Balaban J connectivity index is 2.08. The van der Waals surface area contributed by atoms with Crippen molar-refractivity contribution in [2.75, 3.05) is 13.6 Å². The monoisotopic (exact) mass is 219 g/mol. The fourth-order valence-electron chi connectivity index (χ4n) is 2.51. The minimum atomic E-state index is 0.171. The summed E-state index contributed by atoms with van der Waals surface area (Å²) in [5.41, 5.74) is 1.12. The highest BCUT2D eigenvalue weighted by molar-refractivity contribution is 5.81. The number of carbonyl (C=O) groups excluding carboxylic acids is 1. The van der Waals surface area contributed by atoms with E-state index in [0.29, 0.717) is 5.92 Å². The van der Waals surface area contributed by atoms with Gasteiger partial charge in [0.1, 0.15) is 6.33 Å². The van der Waals surface area contributed by atoms with Crippen LogP contribution in [0, 0.1) is 11.8 Å². The topological polar surface area (TPSA) is 46.1 Å². The lowest BCUT2D eigenvalue weighted by Gasteiger charge is -2.13. The van der Waals surface area contributed by atoms with Crippen LogP contribution in [0.3, 0.4) is 0 Å². The molecule has 1 amide bonds. The van der Waals surface area contributed by atoms with E-state index in [4.69, 9.17) is 0 Å². The van der Waals surface area contributed by atoms with Crippen LogP contribution in [0.25, 0.3) is 0 Å². The summed E-state index contributed by atoms with van der Waals surface area (Å²) in [6, 6.07) is 0. The summed E-state index contributed by atoms with van der Waals surface area (Å²) < 4.78 is 0. The second-order valence-electron chi connectivity index (χ2n) is 4.44. The Morgan fingerprint density at radius 2 is 2.12 bits per heavy atom. The van der Waals surface area contributed by atoms with Gasteiger partial charge in [-0.25, -0.2) is 9.97 Å². The zero-order valence-electron chi connectivity index (χ0n) is 9.76. The quantitative estimate of drug-likeness (QED) is 0.765. The SMILES string of the molecule is CCC1C(=O)N(C)CC1Cc1cncnc1. The van der Waals surface area contributed by atoms with Crippen LogP contribution in [-0.4, -0.2) is 34.4 Å². The Kier molecular flexibility index (Phi) is 3.17. The lowest BCUT2D eigenvalue weighted by Crippen LogP contribution is -2.22. The van der Waals surface area contributed by atoms with Crippen molar-refractivity contribution >= 4 is 5.91 Å². The summed E-state index contributed by atoms with van der Waals surface area (Å²) in [4.78, 5) is 21.7. The second-order valence-corrected chi connectivity index (χ2v) is 4.44. The molecule has 0 saturated carbocycles. The average molecular weight is 219 g/mol. The Morgan fingerprint density at radius 3 is 2.75 bits per heavy atom. The van der Waals surface area contributed by atoms with Crippen molar-refractivity contribution in [3.63, 3.8) is 0 Å². The summed E-state index contributed by atoms with van der Waals surface area (Å²) in [6.07, 6.45) is 7.02. The van der Waals surface area contributed by atoms with E-state index < -0.39 is 0 Å². The van der Waals surface area contributed by atoms with E-state index in [-0.39, 0.29) is 11.8 Å². The first-order chi connectivity index (χ1) is 7.72. The van der Waals surface area contributed by atoms with Crippen LogP contribution in [-0.2, 0) is 11.2 Å². The molecule has 16 heavy (non-hydrogen) atoms. The first-order valence-corrected chi connectivity index (χ1v) is 5.71. The van der Waals surface area contributed by atoms with Gasteiger partial charge in [0.15, 0.2) is 0 Å². The molecule has 2 atom stereocenters. The van der Waals surface area contributed by atoms with Crippen LogP contribution < -0.4 is 0 Å². The van der Waals surface area contributed by atoms with Gasteiger partial charge in [0.2, 0.25) is 5.91 Å². The molecule has 1 aliphatic rings. The Hall–Kier alpha value is -1.45. The average Bonchev–Trinajstić information content (AvgIpc) is 2.56. The summed E-state index contributed by atoms with van der Waals surface area (Å²) >= 11 is 0. The first kappa shape index (κ1) is 11.0. The van der Waals surface area contributed by atoms with Gasteiger partial charge in [-0.15, -0.1) is 0 Å². The molecule has 0 spiro atoms. The van der Waals surface area contributed by atoms with Gasteiger partial charge in [-0.3, -0.25) is 4.79 Å². The van der Waals surface area contributed by atoms with E-state index in [1.807, 2.05) is 24.3 Å². The van der Waals surface area contributed by atoms with Crippen LogP contribution in [0.4, 0.5) is 0 Å². The third kappa shape index (κ3) is 2.05. The number of hydrogen-bond donors (Lipinski definition) is 0. The maximum Gasteiger partial charge on any atom is 0.225 e. The summed E-state index contributed by atoms with van der Waals surface area (Å²) in [5.74, 6) is 0.864. The van der Waals surface area contributed by atoms with Gasteiger partial charge in [-0.1, -0.05) is 6.92 Å². The molecule has 4 nitrogen and oxygen atoms in total. The number of rotatable bonds is 3. The molecule has 4 heteroatoms. The lowest BCUT2D eigenvalue weighted by molar-refractivity contribution is -0.130. The third-order valence-corrected chi connectivity index (χ3v) is 3.32. The van der Waals surface area contributed by atoms with Gasteiger partial charge in [-0.05, 0) is 24.3 Å². The predicted octanol–water partition coefficient (Wildman–Crippen LogP) is 1.13. The highest BCUT2D eigenvalue weighted by Gasteiger charge is 2.36. The van der Waals surface area contributed by atoms with Crippen molar-refractivity contribution in [1.29, 1.82) is 0 Å². The normalized spacial score (nSPS) is 25.1. The van der Waals surface area contributed by atoms with E-state index in [2.05, 4.69) is 16.9 Å². The van der Waals surface area contributed by atoms with Crippen molar-refractivity contribution in [3.8, 4) is 0 Å². The van der Waals surface area contributed by atoms with Gasteiger partial charge < -0.3 is 4.90 Å². The lowest BCUT2D eigenvalue weighted by atomic mass is 9.88. The molecule has 0 N–H and O–H groups in total. The minimum Gasteiger partial charge on any atom is -0.345 e. The molecule has 1 saturated heterocycles. The molecule has 86 valence electrons. The molecule has 1 aromatic rings. The standard InChI is InChI=1S/C12H17N3O/c1-3-11-10(7-15(2)12(11)16)4-9-5-13-8-14-6-9/h5-6,8,10-11H,3-4,7H2,1-2H3. The third-order valence-electron chi connectivity index (χ3n) is 3.32. The summed E-state index contributed by atoms with van der Waals surface area (Å²) in [5, 5.41) is 0. The van der Waals surface area contributed by atoms with Crippen LogP contribution >= 0.6 is 0 Å². The summed E-state index contributed by atoms with van der Waals surface area (Å²) in [7, 11) is 1.88. The highest BCUT2D eigenvalue weighted by atomic mass is 16.2. The molecule has 2 unspecified atom stereocenters. The number of nitrogens with zero attached hydrogens (tertiary/aromatic N) is 3. The number of aromatic nitrogens is 2. The van der Waals surface area contributed by atoms with Crippen LogP contribution in [0.1, 0.15) is 18.9 Å². The van der Waals surface area contributed by atoms with E-state index in [9.17, 15) is 4.79 Å². The molecule has 2 rings (SSSR count). The molecular formula is C12H17N3O. The van der Waals surface area contributed by atoms with E-state index in [0.717, 1.165) is 24.9 Å². The Bertz CT molecular complexity index is 366. The van der Waals surface area contributed by atoms with Crippen molar-refractivity contribution < 1.29 is 4.79 Å². The zero-order valence-corrected chi connectivity index (χ0v) is 9.76. The Morgan fingerprint density at radius 1 is 1.44 bits per heavy atom. The summed E-state index contributed by atoms with van der Waals surface area (Å²) in [6.45, 7) is 2.93. The van der Waals surface area contributed by atoms with E-state index in [1.54, 1.807) is 0 Å². The van der Waals surface area contributed by atoms with Gasteiger partial charge in [0.05, 0.1) is 0 Å². The molecule has 0 aliphatic carbocycles. The number of likely N-dealkylation sites (tertiary alicyclic amines) is 1. The van der Waals surface area contributed by atoms with Crippen molar-refractivity contribution in [3.05, 3.63) is 24.3 Å². The molecular weight excluding hydrogens is 202 g/mol. The predicted molar refractivity (Wildman–Crippen MR) is 60.6 cm³/mol. The smallest absolute Gasteiger partial charge is 0.225 e. The molecule has 2 heterocycles. The molecule has 0 bridgehead atoms. The largest absolute Gasteiger partial charge is 0.345 e. The van der Waals surface area contributed by atoms with Gasteiger partial charge in [0.25, 0.3) is 0 Å². The van der Waals surface area contributed by atoms with Crippen molar-refractivity contribution in [2.45, 2.75) is 19.8 Å².